The van der Waals surface area contributed by atoms with E-state index in [1.807, 2.05) is 7.05 Å². The molecule has 29 heavy (non-hydrogen) atoms. The van der Waals surface area contributed by atoms with Gasteiger partial charge in [0, 0.05) is 51.1 Å². The molecule has 0 aliphatic carbocycles. The van der Waals surface area contributed by atoms with E-state index in [0.717, 1.165) is 55.3 Å². The summed E-state index contributed by atoms with van der Waals surface area (Å²) in [6.07, 6.45) is 2.52. The average molecular weight is 421 g/mol. The molecular weight excluding hydrogens is 392 g/mol. The Morgan fingerprint density at radius 2 is 2.00 bits per heavy atom. The number of aryl methyl sites for hydroxylation is 2. The summed E-state index contributed by atoms with van der Waals surface area (Å²) in [5.74, 6) is 1.88. The highest BCUT2D eigenvalue weighted by molar-refractivity contribution is 7.89. The minimum absolute atomic E-state index is 0.0314. The van der Waals surface area contributed by atoms with Crippen LogP contribution in [0.2, 0.25) is 0 Å². The van der Waals surface area contributed by atoms with Crippen molar-refractivity contribution in [3.05, 3.63) is 28.5 Å². The van der Waals surface area contributed by atoms with E-state index in [1.165, 1.54) is 4.31 Å². The molecule has 0 radical (unpaired) electrons. The lowest BCUT2D eigenvalue weighted by molar-refractivity contribution is 0.299. The fourth-order valence-corrected chi connectivity index (χ4v) is 6.12. The molecule has 0 saturated carbocycles. The molecule has 4 rings (SSSR count). The normalized spacial score (nSPS) is 21.2. The van der Waals surface area contributed by atoms with Crippen LogP contribution in [0, 0.1) is 13.8 Å². The highest BCUT2D eigenvalue weighted by Crippen LogP contribution is 2.33. The second kappa shape index (κ2) is 7.66. The maximum Gasteiger partial charge on any atom is 0.248 e. The second-order valence-corrected chi connectivity index (χ2v) is 9.82. The van der Waals surface area contributed by atoms with Gasteiger partial charge in [0.15, 0.2) is 5.76 Å². The first kappa shape index (κ1) is 20.2. The Kier molecular flexibility index (Phi) is 5.34. The van der Waals surface area contributed by atoms with Crippen molar-refractivity contribution >= 4 is 15.8 Å². The SMILES string of the molecule is CNc1nc(C2CCCN(S(=O)(=O)c3c(C)noc3C)C2)nc2c1CN(C)CC2. The van der Waals surface area contributed by atoms with E-state index in [2.05, 4.69) is 22.4 Å². The molecule has 0 bridgehead atoms. The summed E-state index contributed by atoms with van der Waals surface area (Å²) >= 11 is 0. The number of piperidine rings is 1. The van der Waals surface area contributed by atoms with Gasteiger partial charge in [-0.05, 0) is 33.7 Å². The van der Waals surface area contributed by atoms with Crippen LogP contribution in [0.4, 0.5) is 5.82 Å². The van der Waals surface area contributed by atoms with Gasteiger partial charge in [0.25, 0.3) is 0 Å². The van der Waals surface area contributed by atoms with Crippen LogP contribution in [0.25, 0.3) is 0 Å². The monoisotopic (exact) mass is 420 g/mol. The molecule has 2 aliphatic heterocycles. The van der Waals surface area contributed by atoms with Gasteiger partial charge >= 0.3 is 0 Å². The van der Waals surface area contributed by atoms with Crippen LogP contribution in [-0.2, 0) is 23.0 Å². The highest BCUT2D eigenvalue weighted by Gasteiger charge is 2.36. The van der Waals surface area contributed by atoms with Crippen molar-refractivity contribution in [1.82, 2.24) is 24.3 Å². The molecule has 1 N–H and O–H groups in total. The summed E-state index contributed by atoms with van der Waals surface area (Å²) in [5.41, 5.74) is 2.61. The second-order valence-electron chi connectivity index (χ2n) is 7.95. The van der Waals surface area contributed by atoms with Gasteiger partial charge in [0.05, 0.1) is 5.69 Å². The molecule has 9 nitrogen and oxygen atoms in total. The van der Waals surface area contributed by atoms with Crippen molar-refractivity contribution in [2.75, 3.05) is 39.0 Å². The third-order valence-corrected chi connectivity index (χ3v) is 7.93. The fourth-order valence-electron chi connectivity index (χ4n) is 4.30. The number of hydrogen-bond acceptors (Lipinski definition) is 8. The summed E-state index contributed by atoms with van der Waals surface area (Å²) in [6.45, 7) is 5.93. The fraction of sp³-hybridized carbons (Fsp3) is 0.632. The minimum Gasteiger partial charge on any atom is -0.373 e. The molecule has 1 atom stereocenters. The number of rotatable bonds is 4. The lowest BCUT2D eigenvalue weighted by atomic mass is 9.97. The Balaban J connectivity index is 1.64. The standard InChI is InChI=1S/C19H28N6O3S/c1-12-17(13(2)28-23-12)29(26,27)25-8-5-6-14(10-25)18-21-16-7-9-24(4)11-15(16)19(20-3)22-18/h14H,5-11H2,1-4H3,(H,20,21,22). The minimum atomic E-state index is -3.66. The number of nitrogens with zero attached hydrogens (tertiary/aromatic N) is 5. The van der Waals surface area contributed by atoms with Gasteiger partial charge in [-0.1, -0.05) is 5.16 Å². The maximum absolute atomic E-state index is 13.2. The molecule has 158 valence electrons. The van der Waals surface area contributed by atoms with Crippen LogP contribution in [0.1, 0.15) is 47.3 Å². The summed E-state index contributed by atoms with van der Waals surface area (Å²) < 4.78 is 33.1. The largest absolute Gasteiger partial charge is 0.373 e. The van der Waals surface area contributed by atoms with Crippen LogP contribution < -0.4 is 5.32 Å². The number of anilines is 1. The van der Waals surface area contributed by atoms with Crippen LogP contribution in [0.3, 0.4) is 0 Å². The zero-order valence-corrected chi connectivity index (χ0v) is 18.2. The van der Waals surface area contributed by atoms with Gasteiger partial charge in [0.1, 0.15) is 22.2 Å². The smallest absolute Gasteiger partial charge is 0.248 e. The van der Waals surface area contributed by atoms with Crippen molar-refractivity contribution in [2.24, 2.45) is 0 Å². The van der Waals surface area contributed by atoms with Crippen molar-refractivity contribution in [3.63, 3.8) is 0 Å². The Morgan fingerprint density at radius 1 is 1.21 bits per heavy atom. The van der Waals surface area contributed by atoms with Gasteiger partial charge in [0.2, 0.25) is 10.0 Å². The maximum atomic E-state index is 13.2. The number of fused-ring (bicyclic) bond motifs is 1. The number of hydrogen-bond donors (Lipinski definition) is 1. The predicted octanol–water partition coefficient (Wildman–Crippen LogP) is 1.68. The van der Waals surface area contributed by atoms with Crippen LogP contribution >= 0.6 is 0 Å². The lowest BCUT2D eigenvalue weighted by Crippen LogP contribution is -2.40. The van der Waals surface area contributed by atoms with Gasteiger partial charge in [-0.25, -0.2) is 18.4 Å². The van der Waals surface area contributed by atoms with Crippen molar-refractivity contribution in [1.29, 1.82) is 0 Å². The van der Waals surface area contributed by atoms with Crippen molar-refractivity contribution < 1.29 is 12.9 Å². The molecule has 1 fully saturated rings. The van der Waals surface area contributed by atoms with Crippen LogP contribution in [-0.4, -0.2) is 66.5 Å². The molecule has 2 aromatic heterocycles. The molecule has 10 heteroatoms. The highest BCUT2D eigenvalue weighted by atomic mass is 32.2. The van der Waals surface area contributed by atoms with Gasteiger partial charge in [-0.15, -0.1) is 0 Å². The van der Waals surface area contributed by atoms with Crippen LogP contribution in [0.15, 0.2) is 9.42 Å². The lowest BCUT2D eigenvalue weighted by Gasteiger charge is -2.32. The van der Waals surface area contributed by atoms with E-state index in [9.17, 15) is 8.42 Å². The number of aromatic nitrogens is 3. The Morgan fingerprint density at radius 3 is 2.69 bits per heavy atom. The summed E-state index contributed by atoms with van der Waals surface area (Å²) in [7, 11) is 0.301. The first-order valence-corrected chi connectivity index (χ1v) is 11.4. The van der Waals surface area contributed by atoms with Gasteiger partial charge in [-0.3, -0.25) is 0 Å². The molecule has 2 aromatic rings. The molecule has 0 aromatic carbocycles. The van der Waals surface area contributed by atoms with Crippen molar-refractivity contribution in [3.8, 4) is 0 Å². The van der Waals surface area contributed by atoms with E-state index in [1.54, 1.807) is 13.8 Å². The Labute approximate surface area is 171 Å². The number of nitrogens with one attached hydrogen (secondary N) is 1. The quantitative estimate of drug-likeness (QED) is 0.797. The first-order valence-electron chi connectivity index (χ1n) is 10.00. The number of likely N-dealkylation sites (N-methyl/N-ethyl adjacent to an activating group) is 1. The Bertz CT molecular complexity index is 982. The van der Waals surface area contributed by atoms with E-state index in [4.69, 9.17) is 14.5 Å². The van der Waals surface area contributed by atoms with E-state index < -0.39 is 10.0 Å². The summed E-state index contributed by atoms with van der Waals surface area (Å²) in [4.78, 5) is 12.1. The number of sulfonamides is 1. The molecular formula is C19H28N6O3S. The van der Waals surface area contributed by atoms with E-state index in [-0.39, 0.29) is 10.8 Å². The zero-order chi connectivity index (χ0) is 20.8. The molecule has 2 aliphatic rings. The third kappa shape index (κ3) is 3.64. The molecule has 1 saturated heterocycles. The molecule has 0 amide bonds. The van der Waals surface area contributed by atoms with Gasteiger partial charge < -0.3 is 14.7 Å². The average Bonchev–Trinajstić information content (AvgIpc) is 3.06. The summed E-state index contributed by atoms with van der Waals surface area (Å²) in [6, 6.07) is 0. The van der Waals surface area contributed by atoms with Crippen molar-refractivity contribution in [2.45, 2.75) is 50.5 Å². The van der Waals surface area contributed by atoms with E-state index >= 15 is 0 Å². The third-order valence-electron chi connectivity index (χ3n) is 5.82. The Hall–Kier alpha value is -2.04. The predicted molar refractivity (Wildman–Crippen MR) is 108 cm³/mol. The molecule has 4 heterocycles. The first-order chi connectivity index (χ1) is 13.8. The molecule has 1 unspecified atom stereocenters. The molecule has 0 spiro atoms. The van der Waals surface area contributed by atoms with Crippen LogP contribution in [0.5, 0.6) is 0 Å². The topological polar surface area (TPSA) is 104 Å². The summed E-state index contributed by atoms with van der Waals surface area (Å²) in [5, 5.41) is 7.02. The zero-order valence-electron chi connectivity index (χ0n) is 17.4. The van der Waals surface area contributed by atoms with E-state index in [0.29, 0.717) is 24.5 Å². The van der Waals surface area contributed by atoms with Gasteiger partial charge in [-0.2, -0.15) is 4.31 Å².